The highest BCUT2D eigenvalue weighted by atomic mass is 35.5. The summed E-state index contributed by atoms with van der Waals surface area (Å²) < 4.78 is 21.5. The average molecular weight is 510 g/mol. The molecule has 3 aromatic rings. The molecule has 2 heterocycles. The van der Waals surface area contributed by atoms with Gasteiger partial charge in [-0.1, -0.05) is 23.7 Å². The molecule has 1 aromatic carbocycles. The highest BCUT2D eigenvalue weighted by Gasteiger charge is 2.37. The van der Waals surface area contributed by atoms with E-state index >= 15 is 0 Å². The van der Waals surface area contributed by atoms with Gasteiger partial charge in [-0.2, -0.15) is 0 Å². The molecule has 0 saturated heterocycles. The van der Waals surface area contributed by atoms with Gasteiger partial charge in [0.15, 0.2) is 11.5 Å². The predicted octanol–water partition coefficient (Wildman–Crippen LogP) is 3.42. The molecule has 3 atom stereocenters. The van der Waals surface area contributed by atoms with Gasteiger partial charge in [0, 0.05) is 11.1 Å². The van der Waals surface area contributed by atoms with Gasteiger partial charge in [-0.15, -0.1) is 0 Å². The van der Waals surface area contributed by atoms with Crippen LogP contribution in [0, 0.1) is 0 Å². The smallest absolute Gasteiger partial charge is 0.323 e. The first-order valence-electron chi connectivity index (χ1n) is 10.6. The molecule has 0 bridgehead atoms. The Bertz CT molecular complexity index is 1200. The number of rotatable bonds is 11. The van der Waals surface area contributed by atoms with Crippen molar-refractivity contribution in [2.75, 3.05) is 12.1 Å². The summed E-state index contributed by atoms with van der Waals surface area (Å²) in [5.74, 6) is -0.855. The first-order chi connectivity index (χ1) is 15.9. The molecule has 0 fully saturated rings. The molecule has 0 spiro atoms. The standard InChI is InChI=1S/C21H29ClN7O4P/c1-13(9-29-11-26-17-18(23)24-10-25-19(17)29)33-12-34(32,28-21(3,4)20(30)31)27-14(2)15-5-7-16(22)8-6-15/h5-8,10-11,13-14H,9,12H2,1-4H3,(H,30,31)(H2,23,24,25)(H2,27,28,32)/t13-,14+,34?/m1/s1. The van der Waals surface area contributed by atoms with Gasteiger partial charge in [0.25, 0.3) is 0 Å². The average Bonchev–Trinajstić information content (AvgIpc) is 3.16. The zero-order valence-corrected chi connectivity index (χ0v) is 21.0. The van der Waals surface area contributed by atoms with E-state index in [4.69, 9.17) is 22.1 Å². The van der Waals surface area contributed by atoms with Gasteiger partial charge in [-0.3, -0.25) is 9.36 Å². The second kappa shape index (κ2) is 10.4. The molecule has 11 nitrogen and oxygen atoms in total. The molecule has 184 valence electrons. The lowest BCUT2D eigenvalue weighted by Crippen LogP contribution is -2.47. The number of anilines is 1. The lowest BCUT2D eigenvalue weighted by molar-refractivity contribution is -0.142. The zero-order chi connectivity index (χ0) is 25.1. The van der Waals surface area contributed by atoms with Crippen LogP contribution in [0.5, 0.6) is 0 Å². The van der Waals surface area contributed by atoms with Crippen LogP contribution in [0.2, 0.25) is 5.02 Å². The van der Waals surface area contributed by atoms with Gasteiger partial charge in [0.1, 0.15) is 23.7 Å². The quantitative estimate of drug-likeness (QED) is 0.282. The Hall–Kier alpha value is -2.56. The van der Waals surface area contributed by atoms with Crippen molar-refractivity contribution < 1.29 is 19.2 Å². The molecule has 0 saturated carbocycles. The molecule has 1 unspecified atom stereocenters. The summed E-state index contributed by atoms with van der Waals surface area (Å²) in [6.07, 6.45) is 2.30. The van der Waals surface area contributed by atoms with Crippen LogP contribution in [0.1, 0.15) is 39.3 Å². The van der Waals surface area contributed by atoms with Gasteiger partial charge in [0.2, 0.25) is 7.44 Å². The van der Waals surface area contributed by atoms with E-state index in [-0.39, 0.29) is 18.2 Å². The monoisotopic (exact) mass is 509 g/mol. The summed E-state index contributed by atoms with van der Waals surface area (Å²) >= 11 is 5.97. The number of fused-ring (bicyclic) bond motifs is 1. The Labute approximate surface area is 202 Å². The molecule has 3 rings (SSSR count). The van der Waals surface area contributed by atoms with Gasteiger partial charge >= 0.3 is 5.97 Å². The molecule has 0 radical (unpaired) electrons. The van der Waals surface area contributed by atoms with E-state index in [1.807, 2.05) is 26.0 Å². The minimum absolute atomic E-state index is 0.243. The molecule has 0 aliphatic heterocycles. The van der Waals surface area contributed by atoms with Crippen molar-refractivity contribution in [2.45, 2.75) is 51.9 Å². The van der Waals surface area contributed by atoms with Crippen molar-refractivity contribution in [1.82, 2.24) is 29.7 Å². The minimum atomic E-state index is -3.53. The summed E-state index contributed by atoms with van der Waals surface area (Å²) in [6, 6.07) is 6.73. The van der Waals surface area contributed by atoms with Gasteiger partial charge in [-0.05, 0) is 45.4 Å². The number of aliphatic carboxylic acids is 1. The Morgan fingerprint density at radius 3 is 2.59 bits per heavy atom. The summed E-state index contributed by atoms with van der Waals surface area (Å²) in [7, 11) is -3.53. The number of carboxylic acid groups (broad SMARTS) is 1. The van der Waals surface area contributed by atoms with Crippen LogP contribution in [0.25, 0.3) is 11.2 Å². The molecular weight excluding hydrogens is 481 g/mol. The molecule has 13 heteroatoms. The van der Waals surface area contributed by atoms with Crippen molar-refractivity contribution >= 4 is 42.0 Å². The fourth-order valence-electron chi connectivity index (χ4n) is 3.33. The van der Waals surface area contributed by atoms with E-state index in [1.165, 1.54) is 20.2 Å². The van der Waals surface area contributed by atoms with Gasteiger partial charge in [0.05, 0.1) is 19.0 Å². The fraction of sp³-hybridized carbons (Fsp3) is 0.429. The first kappa shape index (κ1) is 26.1. The van der Waals surface area contributed by atoms with E-state index in [2.05, 4.69) is 25.1 Å². The second-order valence-electron chi connectivity index (χ2n) is 8.62. The third-order valence-corrected chi connectivity index (χ3v) is 7.68. The largest absolute Gasteiger partial charge is 0.480 e. The van der Waals surface area contributed by atoms with E-state index in [9.17, 15) is 14.5 Å². The van der Waals surface area contributed by atoms with Crippen LogP contribution in [0.3, 0.4) is 0 Å². The number of hydrogen-bond donors (Lipinski definition) is 4. The number of carboxylic acids is 1. The number of halogens is 1. The Morgan fingerprint density at radius 2 is 1.94 bits per heavy atom. The van der Waals surface area contributed by atoms with E-state index < -0.39 is 25.1 Å². The number of aromatic nitrogens is 4. The lowest BCUT2D eigenvalue weighted by atomic mass is 10.1. The highest BCUT2D eigenvalue weighted by molar-refractivity contribution is 7.59. The zero-order valence-electron chi connectivity index (χ0n) is 19.4. The van der Waals surface area contributed by atoms with Crippen LogP contribution in [-0.2, 0) is 20.6 Å². The SMILES string of the molecule is C[C@H](Cn1cnc2c(N)ncnc21)OCP(=O)(N[C@@H](C)c1ccc(Cl)cc1)NC(C)(C)C(=O)O. The Balaban J connectivity index is 1.74. The maximum absolute atomic E-state index is 13.9. The number of hydrogen-bond acceptors (Lipinski definition) is 7. The van der Waals surface area contributed by atoms with Crippen molar-refractivity contribution in [3.8, 4) is 0 Å². The Morgan fingerprint density at radius 1 is 1.26 bits per heavy atom. The molecule has 2 aromatic heterocycles. The molecule has 0 aliphatic rings. The van der Waals surface area contributed by atoms with E-state index in [0.29, 0.717) is 22.7 Å². The maximum Gasteiger partial charge on any atom is 0.323 e. The normalized spacial score (nSPS) is 15.7. The van der Waals surface area contributed by atoms with Crippen molar-refractivity contribution in [3.05, 3.63) is 47.5 Å². The topological polar surface area (TPSA) is 157 Å². The molecule has 0 aliphatic carbocycles. The third-order valence-electron chi connectivity index (χ3n) is 5.19. The number of imidazole rings is 1. The molecule has 34 heavy (non-hydrogen) atoms. The summed E-state index contributed by atoms with van der Waals surface area (Å²) in [5.41, 5.74) is 6.27. The number of nitrogens with two attached hydrogens (primary N) is 1. The number of benzene rings is 1. The predicted molar refractivity (Wildman–Crippen MR) is 131 cm³/mol. The van der Waals surface area contributed by atoms with Gasteiger partial charge < -0.3 is 20.1 Å². The summed E-state index contributed by atoms with van der Waals surface area (Å²) in [5, 5.41) is 16.0. The number of ether oxygens (including phenoxy) is 1. The summed E-state index contributed by atoms with van der Waals surface area (Å²) in [4.78, 5) is 24.1. The molecule has 0 amide bonds. The molecular formula is C21H29ClN7O4P. The Kier molecular flexibility index (Phi) is 7.95. The maximum atomic E-state index is 13.9. The van der Waals surface area contributed by atoms with Crippen LogP contribution in [0.15, 0.2) is 36.9 Å². The number of nitrogens with one attached hydrogen (secondary N) is 2. The van der Waals surface area contributed by atoms with Crippen molar-refractivity contribution in [1.29, 1.82) is 0 Å². The minimum Gasteiger partial charge on any atom is -0.480 e. The lowest BCUT2D eigenvalue weighted by Gasteiger charge is -2.32. The van der Waals surface area contributed by atoms with Crippen molar-refractivity contribution in [3.63, 3.8) is 0 Å². The second-order valence-corrected chi connectivity index (χ2v) is 11.3. The van der Waals surface area contributed by atoms with E-state index in [0.717, 1.165) is 5.56 Å². The van der Waals surface area contributed by atoms with Crippen LogP contribution < -0.4 is 15.9 Å². The van der Waals surface area contributed by atoms with E-state index in [1.54, 1.807) is 23.0 Å². The third kappa shape index (κ3) is 6.31. The number of nitrogens with zero attached hydrogens (tertiary/aromatic N) is 4. The van der Waals surface area contributed by atoms with Crippen molar-refractivity contribution in [2.24, 2.45) is 0 Å². The first-order valence-corrected chi connectivity index (χ1v) is 12.9. The van der Waals surface area contributed by atoms with Crippen LogP contribution in [-0.4, -0.2) is 48.6 Å². The van der Waals surface area contributed by atoms with Crippen LogP contribution in [0.4, 0.5) is 5.82 Å². The highest BCUT2D eigenvalue weighted by Crippen LogP contribution is 2.42. The molecule has 5 N–H and O–H groups in total. The number of nitrogen functional groups attached to an aromatic ring is 1. The summed E-state index contributed by atoms with van der Waals surface area (Å²) in [6.45, 7) is 6.90. The van der Waals surface area contributed by atoms with Crippen LogP contribution >= 0.6 is 19.0 Å². The fourth-order valence-corrected chi connectivity index (χ4v) is 5.90. The van der Waals surface area contributed by atoms with Gasteiger partial charge in [-0.25, -0.2) is 25.1 Å². The number of carbonyl (C=O) groups is 1.